The number of primary amides is 1. The van der Waals surface area contributed by atoms with Crippen molar-refractivity contribution in [3.05, 3.63) is 56.5 Å². The number of nitriles is 1. The van der Waals surface area contributed by atoms with E-state index >= 15 is 0 Å². The molecule has 32 heavy (non-hydrogen) atoms. The molecule has 4 rings (SSSR count). The van der Waals surface area contributed by atoms with Gasteiger partial charge in [0.25, 0.3) is 0 Å². The summed E-state index contributed by atoms with van der Waals surface area (Å²) in [5.41, 5.74) is 13.8. The summed E-state index contributed by atoms with van der Waals surface area (Å²) in [6.07, 6.45) is 1.61. The molecule has 1 aromatic carbocycles. The first-order chi connectivity index (χ1) is 15.3. The predicted octanol–water partition coefficient (Wildman–Crippen LogP) is 3.73. The first-order valence-electron chi connectivity index (χ1n) is 9.47. The van der Waals surface area contributed by atoms with E-state index in [9.17, 15) is 14.9 Å². The minimum atomic E-state index is -0.648. The van der Waals surface area contributed by atoms with Crippen LogP contribution < -0.4 is 16.4 Å². The molecule has 1 atom stereocenters. The van der Waals surface area contributed by atoms with Crippen molar-refractivity contribution in [1.29, 1.82) is 5.26 Å². The van der Waals surface area contributed by atoms with Crippen molar-refractivity contribution >= 4 is 63.1 Å². The van der Waals surface area contributed by atoms with Crippen LogP contribution in [0.1, 0.15) is 30.7 Å². The number of carbonyl (C=O) groups excluding carboxylic acids is 2. The Morgan fingerprint density at radius 1 is 1.31 bits per heavy atom. The molecule has 2 aromatic rings. The summed E-state index contributed by atoms with van der Waals surface area (Å²) in [4.78, 5) is 25.8. The SMILES string of the molecule is N#CC1=C(N)N(c2nnc(SCC(N)=O)s2)C2=C(C(=O)CCC2)C1c1ccc(Cl)c(Cl)c1. The van der Waals surface area contributed by atoms with Crippen molar-refractivity contribution in [1.82, 2.24) is 10.2 Å². The van der Waals surface area contributed by atoms with E-state index in [-0.39, 0.29) is 22.9 Å². The molecule has 164 valence electrons. The second-order valence-corrected chi connectivity index (χ2v) is 10.1. The molecule has 2 aliphatic rings. The monoisotopic (exact) mass is 506 g/mol. The van der Waals surface area contributed by atoms with Crippen LogP contribution in [0.15, 0.2) is 45.2 Å². The van der Waals surface area contributed by atoms with Crippen LogP contribution in [0.4, 0.5) is 5.13 Å². The maximum atomic E-state index is 13.1. The molecule has 0 saturated carbocycles. The Balaban J connectivity index is 1.85. The number of halogens is 2. The second-order valence-electron chi connectivity index (χ2n) is 7.10. The van der Waals surface area contributed by atoms with Crippen LogP contribution in [0.2, 0.25) is 10.0 Å². The highest BCUT2D eigenvalue weighted by atomic mass is 35.5. The van der Waals surface area contributed by atoms with E-state index in [4.69, 9.17) is 34.7 Å². The number of aromatic nitrogens is 2. The Morgan fingerprint density at radius 2 is 2.09 bits per heavy atom. The molecular formula is C20H16Cl2N6O2S2. The summed E-state index contributed by atoms with van der Waals surface area (Å²) >= 11 is 14.7. The smallest absolute Gasteiger partial charge is 0.227 e. The third-order valence-electron chi connectivity index (χ3n) is 5.12. The van der Waals surface area contributed by atoms with Gasteiger partial charge in [0.2, 0.25) is 11.0 Å². The van der Waals surface area contributed by atoms with Crippen LogP contribution in [-0.4, -0.2) is 27.6 Å². The maximum Gasteiger partial charge on any atom is 0.227 e. The van der Waals surface area contributed by atoms with Gasteiger partial charge in [-0.1, -0.05) is 52.4 Å². The zero-order chi connectivity index (χ0) is 23.0. The fourth-order valence-corrected chi connectivity index (χ4v) is 5.74. The zero-order valence-corrected chi connectivity index (χ0v) is 19.6. The van der Waals surface area contributed by atoms with Gasteiger partial charge in [0, 0.05) is 17.7 Å². The van der Waals surface area contributed by atoms with E-state index in [0.29, 0.717) is 55.6 Å². The lowest BCUT2D eigenvalue weighted by molar-refractivity contribution is -0.116. The highest BCUT2D eigenvalue weighted by Gasteiger charge is 2.41. The number of hydrogen-bond donors (Lipinski definition) is 2. The number of hydrogen-bond acceptors (Lipinski definition) is 9. The van der Waals surface area contributed by atoms with Crippen molar-refractivity contribution in [2.75, 3.05) is 10.7 Å². The maximum absolute atomic E-state index is 13.1. The highest BCUT2D eigenvalue weighted by Crippen LogP contribution is 2.47. The number of rotatable bonds is 5. The van der Waals surface area contributed by atoms with Gasteiger partial charge in [0.15, 0.2) is 10.1 Å². The zero-order valence-electron chi connectivity index (χ0n) is 16.5. The van der Waals surface area contributed by atoms with Gasteiger partial charge in [0.1, 0.15) is 5.82 Å². The number of benzene rings is 1. The van der Waals surface area contributed by atoms with E-state index in [0.717, 1.165) is 11.8 Å². The Morgan fingerprint density at radius 3 is 2.78 bits per heavy atom. The van der Waals surface area contributed by atoms with Gasteiger partial charge < -0.3 is 11.5 Å². The summed E-state index contributed by atoms with van der Waals surface area (Å²) in [5, 5.41) is 19.4. The van der Waals surface area contributed by atoms with E-state index in [1.54, 1.807) is 23.1 Å². The number of ketones is 1. The average molecular weight is 507 g/mol. The largest absolute Gasteiger partial charge is 0.384 e. The Labute approximate surface area is 201 Å². The van der Waals surface area contributed by atoms with Crippen LogP contribution in [0, 0.1) is 11.3 Å². The number of allylic oxidation sites excluding steroid dienone is 3. The lowest BCUT2D eigenvalue weighted by Crippen LogP contribution is -2.38. The number of anilines is 1. The molecule has 1 aliphatic carbocycles. The molecule has 1 aliphatic heterocycles. The number of nitrogens with two attached hydrogens (primary N) is 2. The number of carbonyl (C=O) groups is 2. The number of Topliss-reactive ketones (excluding diaryl/α,β-unsaturated/α-hetero) is 1. The first-order valence-corrected chi connectivity index (χ1v) is 12.0. The van der Waals surface area contributed by atoms with E-state index in [1.807, 2.05) is 0 Å². The topological polar surface area (TPSA) is 139 Å². The van der Waals surface area contributed by atoms with Crippen molar-refractivity contribution in [3.8, 4) is 6.07 Å². The lowest BCUT2D eigenvalue weighted by atomic mass is 9.76. The Kier molecular flexibility index (Phi) is 6.44. The molecule has 4 N–H and O–H groups in total. The van der Waals surface area contributed by atoms with Crippen LogP contribution >= 0.6 is 46.3 Å². The molecule has 8 nitrogen and oxygen atoms in total. The summed E-state index contributed by atoms with van der Waals surface area (Å²) in [6.45, 7) is 0. The van der Waals surface area contributed by atoms with Gasteiger partial charge in [-0.3, -0.25) is 14.5 Å². The minimum Gasteiger partial charge on any atom is -0.384 e. The lowest BCUT2D eigenvalue weighted by Gasteiger charge is -2.38. The fourth-order valence-electron chi connectivity index (χ4n) is 3.81. The van der Waals surface area contributed by atoms with Crippen molar-refractivity contribution in [3.63, 3.8) is 0 Å². The summed E-state index contributed by atoms with van der Waals surface area (Å²) in [6, 6.07) is 7.22. The summed E-state index contributed by atoms with van der Waals surface area (Å²) < 4.78 is 0.529. The fraction of sp³-hybridized carbons (Fsp3) is 0.250. The minimum absolute atomic E-state index is 0.0552. The van der Waals surface area contributed by atoms with Gasteiger partial charge in [-0.2, -0.15) is 5.26 Å². The molecule has 0 bridgehead atoms. The quantitative estimate of drug-likeness (QED) is 0.584. The predicted molar refractivity (Wildman–Crippen MR) is 124 cm³/mol. The third-order valence-corrected chi connectivity index (χ3v) is 7.92. The van der Waals surface area contributed by atoms with Gasteiger partial charge in [-0.25, -0.2) is 0 Å². The third kappa shape index (κ3) is 4.09. The molecule has 0 radical (unpaired) electrons. The Bertz CT molecular complexity index is 1230. The first kappa shape index (κ1) is 22.6. The highest BCUT2D eigenvalue weighted by molar-refractivity contribution is 8.01. The number of amides is 1. The van der Waals surface area contributed by atoms with E-state index in [2.05, 4.69) is 16.3 Å². The van der Waals surface area contributed by atoms with Gasteiger partial charge in [0.05, 0.1) is 33.4 Å². The van der Waals surface area contributed by atoms with Crippen molar-refractivity contribution in [2.24, 2.45) is 11.5 Å². The normalized spacial score (nSPS) is 18.6. The molecule has 0 spiro atoms. The van der Waals surface area contributed by atoms with Crippen LogP contribution in [0.5, 0.6) is 0 Å². The van der Waals surface area contributed by atoms with Crippen LogP contribution in [0.25, 0.3) is 0 Å². The van der Waals surface area contributed by atoms with Crippen molar-refractivity contribution in [2.45, 2.75) is 29.5 Å². The summed E-state index contributed by atoms with van der Waals surface area (Å²) in [7, 11) is 0. The molecule has 2 heterocycles. The molecule has 1 aromatic heterocycles. The average Bonchev–Trinajstić information content (AvgIpc) is 3.22. The molecule has 1 unspecified atom stereocenters. The van der Waals surface area contributed by atoms with Crippen molar-refractivity contribution < 1.29 is 9.59 Å². The van der Waals surface area contributed by atoms with Crippen LogP contribution in [-0.2, 0) is 9.59 Å². The van der Waals surface area contributed by atoms with E-state index < -0.39 is 11.8 Å². The van der Waals surface area contributed by atoms with Gasteiger partial charge in [-0.05, 0) is 30.5 Å². The molecule has 0 saturated heterocycles. The molecule has 12 heteroatoms. The second kappa shape index (κ2) is 9.11. The number of nitrogens with zero attached hydrogens (tertiary/aromatic N) is 4. The van der Waals surface area contributed by atoms with Gasteiger partial charge >= 0.3 is 0 Å². The Hall–Kier alpha value is -2.58. The summed E-state index contributed by atoms with van der Waals surface area (Å²) in [5.74, 6) is -0.927. The standard InChI is InChI=1S/C20H16Cl2N6O2S2/c21-11-5-4-9(6-12(11)22)16-10(7-23)18(25)28(13-2-1-3-14(29)17(13)16)19-26-27-20(32-19)31-8-15(24)30/h4-6,16H,1-3,8,25H2,(H2,24,30). The molecule has 1 amide bonds. The van der Waals surface area contributed by atoms with Gasteiger partial charge in [-0.15, -0.1) is 10.2 Å². The molecule has 0 fully saturated rings. The van der Waals surface area contributed by atoms with Crippen LogP contribution in [0.3, 0.4) is 0 Å². The van der Waals surface area contributed by atoms with E-state index in [1.165, 1.54) is 11.3 Å². The molecular weight excluding hydrogens is 491 g/mol. The number of thioether (sulfide) groups is 1.